The number of aliphatic hydroxyl groups is 1. The van der Waals surface area contributed by atoms with E-state index in [0.717, 1.165) is 5.56 Å². The molecule has 1 saturated heterocycles. The van der Waals surface area contributed by atoms with E-state index >= 15 is 0 Å². The van der Waals surface area contributed by atoms with Gasteiger partial charge in [0.2, 0.25) is 10.0 Å². The molecule has 2 aromatic rings. The van der Waals surface area contributed by atoms with Crippen LogP contribution in [-0.4, -0.2) is 68.2 Å². The molecular formula is C21H25FN2O4S. The number of hydrogen-bond donors (Lipinski definition) is 1. The highest BCUT2D eigenvalue weighted by Gasteiger charge is 2.26. The Kier molecular flexibility index (Phi) is 7.38. The van der Waals surface area contributed by atoms with E-state index in [0.29, 0.717) is 32.7 Å². The molecule has 1 aliphatic rings. The summed E-state index contributed by atoms with van der Waals surface area (Å²) in [5, 5.41) is 11.4. The zero-order chi connectivity index (χ0) is 20.7. The van der Waals surface area contributed by atoms with E-state index in [-0.39, 0.29) is 12.4 Å². The third-order valence-electron chi connectivity index (χ3n) is 4.66. The van der Waals surface area contributed by atoms with Crippen LogP contribution in [-0.2, 0) is 10.0 Å². The standard InChI is InChI=1S/C21H25FN2O4S/c22-20-8-4-5-9-21(20)28-17-19(25)16-23-11-13-24(14-12-23)29(26,27)15-10-18-6-2-1-3-7-18/h1-10,15,19,25H,11-14,16-17H2. The number of rotatable bonds is 8. The summed E-state index contributed by atoms with van der Waals surface area (Å²) in [5.74, 6) is -0.366. The molecule has 0 aromatic heterocycles. The van der Waals surface area contributed by atoms with Crippen molar-refractivity contribution < 1.29 is 22.7 Å². The number of β-amino-alcohol motifs (C(OH)–C–C–N with tert-alkyl or cyclic N) is 1. The Bertz CT molecular complexity index is 913. The molecule has 3 rings (SSSR count). The molecule has 1 aliphatic heterocycles. The summed E-state index contributed by atoms with van der Waals surface area (Å²) in [6, 6.07) is 15.3. The molecule has 29 heavy (non-hydrogen) atoms. The van der Waals surface area contributed by atoms with Gasteiger partial charge in [0, 0.05) is 38.1 Å². The summed E-state index contributed by atoms with van der Waals surface area (Å²) < 4.78 is 45.3. The Balaban J connectivity index is 1.45. The fraction of sp³-hybridized carbons (Fsp3) is 0.333. The molecule has 0 aliphatic carbocycles. The molecule has 1 unspecified atom stereocenters. The molecule has 1 N–H and O–H groups in total. The Labute approximate surface area is 170 Å². The van der Waals surface area contributed by atoms with Crippen LogP contribution < -0.4 is 4.74 Å². The minimum atomic E-state index is -3.49. The monoisotopic (exact) mass is 420 g/mol. The number of hydrogen-bond acceptors (Lipinski definition) is 5. The summed E-state index contributed by atoms with van der Waals surface area (Å²) in [5.41, 5.74) is 0.827. The van der Waals surface area contributed by atoms with Crippen molar-refractivity contribution in [1.82, 2.24) is 9.21 Å². The summed E-state index contributed by atoms with van der Waals surface area (Å²) in [6.45, 7) is 2.02. The number of aliphatic hydroxyl groups excluding tert-OH is 1. The van der Waals surface area contributed by atoms with Crippen LogP contribution in [0.15, 0.2) is 60.0 Å². The van der Waals surface area contributed by atoms with Gasteiger partial charge in [0.25, 0.3) is 0 Å². The van der Waals surface area contributed by atoms with Crippen LogP contribution in [0.25, 0.3) is 6.08 Å². The van der Waals surface area contributed by atoms with Crippen molar-refractivity contribution in [3.8, 4) is 5.75 Å². The van der Waals surface area contributed by atoms with Gasteiger partial charge in [-0.15, -0.1) is 0 Å². The lowest BCUT2D eigenvalue weighted by atomic mass is 10.2. The number of ether oxygens (including phenoxy) is 1. The van der Waals surface area contributed by atoms with E-state index in [1.165, 1.54) is 21.8 Å². The lowest BCUT2D eigenvalue weighted by molar-refractivity contribution is 0.0559. The van der Waals surface area contributed by atoms with E-state index in [4.69, 9.17) is 4.74 Å². The molecule has 0 bridgehead atoms. The third-order valence-corrected chi connectivity index (χ3v) is 6.22. The first-order chi connectivity index (χ1) is 13.9. The fourth-order valence-electron chi connectivity index (χ4n) is 3.08. The van der Waals surface area contributed by atoms with Crippen LogP contribution in [0.1, 0.15) is 5.56 Å². The number of sulfonamides is 1. The van der Waals surface area contributed by atoms with Crippen LogP contribution >= 0.6 is 0 Å². The van der Waals surface area contributed by atoms with Crippen LogP contribution in [0, 0.1) is 5.82 Å². The quantitative estimate of drug-likeness (QED) is 0.709. The smallest absolute Gasteiger partial charge is 0.236 e. The van der Waals surface area contributed by atoms with Crippen LogP contribution in [0.4, 0.5) is 4.39 Å². The van der Waals surface area contributed by atoms with Gasteiger partial charge in [-0.1, -0.05) is 42.5 Å². The Morgan fingerprint density at radius 1 is 1.03 bits per heavy atom. The molecule has 0 spiro atoms. The Morgan fingerprint density at radius 2 is 1.69 bits per heavy atom. The third kappa shape index (κ3) is 6.37. The predicted molar refractivity (Wildman–Crippen MR) is 110 cm³/mol. The zero-order valence-corrected chi connectivity index (χ0v) is 16.8. The number of piperazine rings is 1. The average molecular weight is 421 g/mol. The van der Waals surface area contributed by atoms with Gasteiger partial charge < -0.3 is 9.84 Å². The lowest BCUT2D eigenvalue weighted by Gasteiger charge is -2.34. The van der Waals surface area contributed by atoms with Crippen molar-refractivity contribution in [3.05, 3.63) is 71.4 Å². The van der Waals surface area contributed by atoms with Crippen molar-refractivity contribution in [2.75, 3.05) is 39.3 Å². The highest BCUT2D eigenvalue weighted by atomic mass is 32.2. The summed E-state index contributed by atoms with van der Waals surface area (Å²) >= 11 is 0. The Morgan fingerprint density at radius 3 is 2.38 bits per heavy atom. The molecule has 2 aromatic carbocycles. The first-order valence-electron chi connectivity index (χ1n) is 9.45. The van der Waals surface area contributed by atoms with Gasteiger partial charge in [-0.3, -0.25) is 4.90 Å². The number of halogens is 1. The summed E-state index contributed by atoms with van der Waals surface area (Å²) in [7, 11) is -3.49. The maximum absolute atomic E-state index is 13.5. The van der Waals surface area contributed by atoms with Crippen molar-refractivity contribution >= 4 is 16.1 Å². The highest BCUT2D eigenvalue weighted by Crippen LogP contribution is 2.16. The molecular weight excluding hydrogens is 395 g/mol. The second-order valence-corrected chi connectivity index (χ2v) is 8.67. The zero-order valence-electron chi connectivity index (χ0n) is 16.0. The highest BCUT2D eigenvalue weighted by molar-refractivity contribution is 7.92. The minimum absolute atomic E-state index is 0.0285. The molecule has 1 atom stereocenters. The van der Waals surface area contributed by atoms with Crippen LogP contribution in [0.5, 0.6) is 5.75 Å². The molecule has 1 fully saturated rings. The maximum atomic E-state index is 13.5. The summed E-state index contributed by atoms with van der Waals surface area (Å²) in [4.78, 5) is 1.97. The average Bonchev–Trinajstić information content (AvgIpc) is 2.73. The molecule has 0 saturated carbocycles. The van der Waals surface area contributed by atoms with Crippen LogP contribution in [0.2, 0.25) is 0 Å². The minimum Gasteiger partial charge on any atom is -0.488 e. The van der Waals surface area contributed by atoms with Gasteiger partial charge >= 0.3 is 0 Å². The van der Waals surface area contributed by atoms with Crippen molar-refractivity contribution in [2.24, 2.45) is 0 Å². The lowest BCUT2D eigenvalue weighted by Crippen LogP contribution is -2.50. The summed E-state index contributed by atoms with van der Waals surface area (Å²) in [6.07, 6.45) is 0.793. The second-order valence-electron chi connectivity index (χ2n) is 6.85. The first kappa shape index (κ1) is 21.4. The molecule has 156 valence electrons. The molecule has 8 heteroatoms. The van der Waals surface area contributed by atoms with Gasteiger partial charge in [-0.2, -0.15) is 4.31 Å². The number of para-hydroxylation sites is 1. The molecule has 0 amide bonds. The largest absolute Gasteiger partial charge is 0.488 e. The SMILES string of the molecule is O=S(=O)(C=Cc1ccccc1)N1CCN(CC(O)COc2ccccc2F)CC1. The first-order valence-corrected chi connectivity index (χ1v) is 11.0. The van der Waals surface area contributed by atoms with Crippen molar-refractivity contribution in [1.29, 1.82) is 0 Å². The maximum Gasteiger partial charge on any atom is 0.236 e. The van der Waals surface area contributed by atoms with Crippen molar-refractivity contribution in [3.63, 3.8) is 0 Å². The van der Waals surface area contributed by atoms with Gasteiger partial charge in [0.05, 0.1) is 0 Å². The van der Waals surface area contributed by atoms with Crippen LogP contribution in [0.3, 0.4) is 0 Å². The van der Waals surface area contributed by atoms with E-state index in [1.807, 2.05) is 35.2 Å². The number of benzene rings is 2. The van der Waals surface area contributed by atoms with E-state index in [2.05, 4.69) is 0 Å². The van der Waals surface area contributed by atoms with Crippen molar-refractivity contribution in [2.45, 2.75) is 6.10 Å². The molecule has 1 heterocycles. The van der Waals surface area contributed by atoms with Gasteiger partial charge in [-0.25, -0.2) is 12.8 Å². The van der Waals surface area contributed by atoms with Gasteiger partial charge in [0.1, 0.15) is 12.7 Å². The topological polar surface area (TPSA) is 70.1 Å². The van der Waals surface area contributed by atoms with E-state index in [1.54, 1.807) is 18.2 Å². The fourth-order valence-corrected chi connectivity index (χ4v) is 4.25. The molecule has 0 radical (unpaired) electrons. The second kappa shape index (κ2) is 9.98. The predicted octanol–water partition coefficient (Wildman–Crippen LogP) is 2.18. The van der Waals surface area contributed by atoms with Gasteiger partial charge in [0.15, 0.2) is 11.6 Å². The normalized spacial score (nSPS) is 17.4. The van der Waals surface area contributed by atoms with Gasteiger partial charge in [-0.05, 0) is 23.8 Å². The number of nitrogens with zero attached hydrogens (tertiary/aromatic N) is 2. The van der Waals surface area contributed by atoms with E-state index in [9.17, 15) is 17.9 Å². The Hall–Kier alpha value is -2.26. The van der Waals surface area contributed by atoms with E-state index < -0.39 is 21.9 Å². The molecule has 6 nitrogen and oxygen atoms in total.